The monoisotopic (exact) mass is 251 g/mol. The third-order valence-electron chi connectivity index (χ3n) is 2.52. The number of hydrogen-bond acceptors (Lipinski definition) is 4. The third-order valence-corrected chi connectivity index (χ3v) is 2.52. The molecule has 5 N–H and O–H groups in total. The maximum absolute atomic E-state index is 11.6. The number of aliphatic hydroxyl groups excluding tert-OH is 1. The van der Waals surface area contributed by atoms with Crippen molar-refractivity contribution < 1.29 is 9.90 Å². The quantitative estimate of drug-likeness (QED) is 0.592. The number of rotatable bonds is 5. The summed E-state index contributed by atoms with van der Waals surface area (Å²) in [5.41, 5.74) is 7.16. The van der Waals surface area contributed by atoms with E-state index in [0.29, 0.717) is 23.5 Å². The molecule has 0 fully saturated rings. The predicted octanol–water partition coefficient (Wildman–Crippen LogP) is 1.20. The fraction of sp³-hybridized carbons (Fsp3) is 0.462. The SMILES string of the molecule is CCNC(=O)c1ccc(NC(C)(C)CO)c(N)c1. The van der Waals surface area contributed by atoms with E-state index in [1.54, 1.807) is 18.2 Å². The molecule has 0 unspecified atom stereocenters. The summed E-state index contributed by atoms with van der Waals surface area (Å²) in [7, 11) is 0. The third kappa shape index (κ3) is 3.63. The van der Waals surface area contributed by atoms with Crippen LogP contribution in [0.2, 0.25) is 0 Å². The van der Waals surface area contributed by atoms with Gasteiger partial charge in [-0.2, -0.15) is 0 Å². The molecule has 0 aromatic heterocycles. The van der Waals surface area contributed by atoms with Crippen molar-refractivity contribution in [2.45, 2.75) is 26.3 Å². The summed E-state index contributed by atoms with van der Waals surface area (Å²) < 4.78 is 0. The van der Waals surface area contributed by atoms with Crippen LogP contribution in [0, 0.1) is 0 Å². The highest BCUT2D eigenvalue weighted by Crippen LogP contribution is 2.23. The number of hydrogen-bond donors (Lipinski definition) is 4. The van der Waals surface area contributed by atoms with Gasteiger partial charge in [-0.25, -0.2) is 0 Å². The van der Waals surface area contributed by atoms with Gasteiger partial charge < -0.3 is 21.5 Å². The molecule has 5 heteroatoms. The first-order valence-electron chi connectivity index (χ1n) is 5.96. The van der Waals surface area contributed by atoms with Crippen molar-refractivity contribution in [3.8, 4) is 0 Å². The molecule has 0 saturated carbocycles. The van der Waals surface area contributed by atoms with E-state index in [9.17, 15) is 9.90 Å². The Kier molecular flexibility index (Phi) is 4.55. The summed E-state index contributed by atoms with van der Waals surface area (Å²) in [6.45, 7) is 6.16. The first-order chi connectivity index (χ1) is 8.39. The molecule has 0 bridgehead atoms. The Bertz CT molecular complexity index is 430. The average Bonchev–Trinajstić information content (AvgIpc) is 2.32. The molecule has 0 aliphatic carbocycles. The Morgan fingerprint density at radius 2 is 2.11 bits per heavy atom. The van der Waals surface area contributed by atoms with Crippen LogP contribution in [0.4, 0.5) is 11.4 Å². The molecule has 1 aromatic rings. The van der Waals surface area contributed by atoms with Gasteiger partial charge in [0.2, 0.25) is 0 Å². The van der Waals surface area contributed by atoms with Gasteiger partial charge in [0.05, 0.1) is 23.5 Å². The van der Waals surface area contributed by atoms with E-state index in [2.05, 4.69) is 10.6 Å². The first kappa shape index (κ1) is 14.3. The molecule has 0 atom stereocenters. The number of aliphatic hydroxyl groups is 1. The summed E-state index contributed by atoms with van der Waals surface area (Å²) in [5.74, 6) is -0.142. The second-order valence-corrected chi connectivity index (χ2v) is 4.83. The van der Waals surface area contributed by atoms with E-state index in [4.69, 9.17) is 5.73 Å². The molecule has 0 saturated heterocycles. The van der Waals surface area contributed by atoms with Crippen molar-refractivity contribution >= 4 is 17.3 Å². The molecule has 0 heterocycles. The van der Waals surface area contributed by atoms with Crippen LogP contribution < -0.4 is 16.4 Å². The molecule has 0 aliphatic heterocycles. The fourth-order valence-electron chi connectivity index (χ4n) is 1.48. The molecular weight excluding hydrogens is 230 g/mol. The van der Waals surface area contributed by atoms with Gasteiger partial charge >= 0.3 is 0 Å². The summed E-state index contributed by atoms with van der Waals surface area (Å²) in [4.78, 5) is 11.6. The highest BCUT2D eigenvalue weighted by Gasteiger charge is 2.17. The van der Waals surface area contributed by atoms with Crippen LogP contribution in [0.15, 0.2) is 18.2 Å². The molecular formula is C13H21N3O2. The van der Waals surface area contributed by atoms with Gasteiger partial charge in [0, 0.05) is 12.1 Å². The van der Waals surface area contributed by atoms with Gasteiger partial charge in [-0.15, -0.1) is 0 Å². The van der Waals surface area contributed by atoms with Crippen molar-refractivity contribution in [3.05, 3.63) is 23.8 Å². The lowest BCUT2D eigenvalue weighted by molar-refractivity contribution is 0.0956. The number of benzene rings is 1. The summed E-state index contributed by atoms with van der Waals surface area (Å²) in [5, 5.41) is 15.0. The van der Waals surface area contributed by atoms with E-state index in [0.717, 1.165) is 0 Å². The van der Waals surface area contributed by atoms with E-state index >= 15 is 0 Å². The summed E-state index contributed by atoms with van der Waals surface area (Å²) in [6.07, 6.45) is 0. The molecule has 0 radical (unpaired) electrons. The molecule has 5 nitrogen and oxygen atoms in total. The van der Waals surface area contributed by atoms with Gasteiger partial charge in [0.1, 0.15) is 0 Å². The Labute approximate surface area is 107 Å². The molecule has 1 rings (SSSR count). The number of amides is 1. The van der Waals surface area contributed by atoms with Gasteiger partial charge in [0.15, 0.2) is 0 Å². The second-order valence-electron chi connectivity index (χ2n) is 4.83. The smallest absolute Gasteiger partial charge is 0.251 e. The van der Waals surface area contributed by atoms with E-state index < -0.39 is 5.54 Å². The summed E-state index contributed by atoms with van der Waals surface area (Å²) >= 11 is 0. The van der Waals surface area contributed by atoms with Crippen molar-refractivity contribution in [2.24, 2.45) is 0 Å². The van der Waals surface area contributed by atoms with Gasteiger partial charge in [-0.3, -0.25) is 4.79 Å². The number of nitrogens with two attached hydrogens (primary N) is 1. The molecule has 1 amide bonds. The van der Waals surface area contributed by atoms with Crippen LogP contribution >= 0.6 is 0 Å². The lowest BCUT2D eigenvalue weighted by Crippen LogP contribution is -2.35. The van der Waals surface area contributed by atoms with Crippen molar-refractivity contribution in [2.75, 3.05) is 24.2 Å². The zero-order valence-corrected chi connectivity index (χ0v) is 11.1. The standard InChI is InChI=1S/C13H21N3O2/c1-4-15-12(18)9-5-6-11(10(14)7-9)16-13(2,3)8-17/h5-7,16-17H,4,8,14H2,1-3H3,(H,15,18). The lowest BCUT2D eigenvalue weighted by Gasteiger charge is -2.26. The van der Waals surface area contributed by atoms with Crippen LogP contribution in [0.5, 0.6) is 0 Å². The highest BCUT2D eigenvalue weighted by molar-refractivity contribution is 5.96. The molecule has 1 aromatic carbocycles. The van der Waals surface area contributed by atoms with Crippen molar-refractivity contribution in [1.29, 1.82) is 0 Å². The topological polar surface area (TPSA) is 87.4 Å². The van der Waals surface area contributed by atoms with Crippen LogP contribution in [0.25, 0.3) is 0 Å². The Morgan fingerprint density at radius 3 is 2.61 bits per heavy atom. The second kappa shape index (κ2) is 5.73. The van der Waals surface area contributed by atoms with Gasteiger partial charge in [-0.1, -0.05) is 0 Å². The average molecular weight is 251 g/mol. The lowest BCUT2D eigenvalue weighted by atomic mass is 10.1. The zero-order chi connectivity index (χ0) is 13.8. The van der Waals surface area contributed by atoms with Crippen molar-refractivity contribution in [3.63, 3.8) is 0 Å². The summed E-state index contributed by atoms with van der Waals surface area (Å²) in [6, 6.07) is 5.08. The van der Waals surface area contributed by atoms with Crippen LogP contribution in [-0.4, -0.2) is 29.7 Å². The van der Waals surface area contributed by atoms with Gasteiger partial charge in [-0.05, 0) is 39.0 Å². The molecule has 0 aliphatic rings. The molecule has 18 heavy (non-hydrogen) atoms. The van der Waals surface area contributed by atoms with Crippen LogP contribution in [-0.2, 0) is 0 Å². The Balaban J connectivity index is 2.89. The van der Waals surface area contributed by atoms with Gasteiger partial charge in [0.25, 0.3) is 5.91 Å². The van der Waals surface area contributed by atoms with Crippen molar-refractivity contribution in [1.82, 2.24) is 5.32 Å². The molecule has 100 valence electrons. The number of carbonyl (C=O) groups is 1. The maximum atomic E-state index is 11.6. The minimum absolute atomic E-state index is 0.00941. The van der Waals surface area contributed by atoms with Crippen LogP contribution in [0.1, 0.15) is 31.1 Å². The zero-order valence-electron chi connectivity index (χ0n) is 11.1. The predicted molar refractivity (Wildman–Crippen MR) is 73.6 cm³/mol. The van der Waals surface area contributed by atoms with E-state index in [1.807, 2.05) is 20.8 Å². The first-order valence-corrected chi connectivity index (χ1v) is 5.96. The number of anilines is 2. The number of nitrogen functional groups attached to an aromatic ring is 1. The minimum atomic E-state index is -0.457. The number of nitrogens with one attached hydrogen (secondary N) is 2. The molecule has 0 spiro atoms. The largest absolute Gasteiger partial charge is 0.397 e. The Morgan fingerprint density at radius 1 is 1.44 bits per heavy atom. The van der Waals surface area contributed by atoms with Crippen LogP contribution in [0.3, 0.4) is 0 Å². The highest BCUT2D eigenvalue weighted by atomic mass is 16.3. The van der Waals surface area contributed by atoms with E-state index in [-0.39, 0.29) is 12.5 Å². The van der Waals surface area contributed by atoms with E-state index in [1.165, 1.54) is 0 Å². The Hall–Kier alpha value is -1.75. The fourth-order valence-corrected chi connectivity index (χ4v) is 1.48. The normalized spacial score (nSPS) is 11.1. The number of carbonyl (C=O) groups excluding carboxylic acids is 1. The minimum Gasteiger partial charge on any atom is -0.397 e. The maximum Gasteiger partial charge on any atom is 0.251 e.